The van der Waals surface area contributed by atoms with Crippen molar-refractivity contribution in [1.29, 1.82) is 0 Å². The summed E-state index contributed by atoms with van der Waals surface area (Å²) in [4.78, 5) is 14.2. The molecule has 0 spiro atoms. The van der Waals surface area contributed by atoms with E-state index in [0.29, 0.717) is 18.7 Å². The van der Waals surface area contributed by atoms with E-state index >= 15 is 0 Å². The van der Waals surface area contributed by atoms with Crippen molar-refractivity contribution < 1.29 is 17.6 Å². The van der Waals surface area contributed by atoms with Gasteiger partial charge >= 0.3 is 0 Å². The number of carbonyl (C=O) groups is 1. The highest BCUT2D eigenvalue weighted by Crippen LogP contribution is 2.17. The van der Waals surface area contributed by atoms with Crippen LogP contribution in [0.2, 0.25) is 0 Å². The normalized spacial score (nSPS) is 11.6. The third kappa shape index (κ3) is 6.02. The van der Waals surface area contributed by atoms with Gasteiger partial charge in [0.1, 0.15) is 5.82 Å². The second-order valence-electron chi connectivity index (χ2n) is 6.52. The minimum atomic E-state index is -3.52. The van der Waals surface area contributed by atoms with Gasteiger partial charge in [-0.05, 0) is 41.5 Å². The van der Waals surface area contributed by atoms with Gasteiger partial charge in [0.25, 0.3) is 0 Å². The van der Waals surface area contributed by atoms with Crippen LogP contribution in [0, 0.1) is 18.2 Å². The minimum absolute atomic E-state index is 0.113. The summed E-state index contributed by atoms with van der Waals surface area (Å²) in [6, 6.07) is 12.2. The van der Waals surface area contributed by atoms with Crippen LogP contribution in [0.1, 0.15) is 25.0 Å². The van der Waals surface area contributed by atoms with Crippen molar-refractivity contribution in [2.24, 2.45) is 0 Å². The molecular formula is C23H25FN2O3S. The maximum Gasteiger partial charge on any atom is 0.247 e. The number of nitrogens with zero attached hydrogens (tertiary/aromatic N) is 2. The summed E-state index contributed by atoms with van der Waals surface area (Å²) in [5, 5.41) is 0. The lowest BCUT2D eigenvalue weighted by molar-refractivity contribution is -0.125. The Bertz CT molecular complexity index is 1020. The number of halogens is 1. The molecule has 0 aliphatic rings. The molecule has 30 heavy (non-hydrogen) atoms. The molecule has 0 aliphatic carbocycles. The highest BCUT2D eigenvalue weighted by Gasteiger charge is 2.21. The van der Waals surface area contributed by atoms with Crippen molar-refractivity contribution >= 4 is 22.0 Å². The molecule has 2 aromatic rings. The first-order valence-corrected chi connectivity index (χ1v) is 11.0. The molecule has 0 radical (unpaired) electrons. The summed E-state index contributed by atoms with van der Waals surface area (Å²) < 4.78 is 39.5. The molecule has 5 nitrogen and oxygen atoms in total. The fourth-order valence-electron chi connectivity index (χ4n) is 2.87. The molecule has 0 saturated heterocycles. The van der Waals surface area contributed by atoms with Gasteiger partial charge in [-0.3, -0.25) is 4.79 Å². The Hall–Kier alpha value is -2.95. The fraction of sp³-hybridized carbons (Fsp3) is 0.261. The number of hydrogen-bond acceptors (Lipinski definition) is 3. The van der Waals surface area contributed by atoms with E-state index in [1.165, 1.54) is 39.5 Å². The van der Waals surface area contributed by atoms with Crippen molar-refractivity contribution in [1.82, 2.24) is 9.21 Å². The molecule has 0 heterocycles. The quantitative estimate of drug-likeness (QED) is 0.454. The molecule has 0 aromatic heterocycles. The lowest BCUT2D eigenvalue weighted by Gasteiger charge is -2.19. The number of hydrogen-bond donors (Lipinski definition) is 0. The Morgan fingerprint density at radius 3 is 2.20 bits per heavy atom. The number of terminal acetylenes is 1. The van der Waals surface area contributed by atoms with Crippen LogP contribution in [-0.2, 0) is 21.4 Å². The molecule has 2 rings (SSSR count). The lowest BCUT2D eigenvalue weighted by Crippen LogP contribution is -2.30. The van der Waals surface area contributed by atoms with Crippen LogP contribution in [0.5, 0.6) is 0 Å². The molecule has 0 aliphatic heterocycles. The predicted octanol–water partition coefficient (Wildman–Crippen LogP) is 3.53. The third-order valence-electron chi connectivity index (χ3n) is 4.52. The molecule has 0 N–H and O–H groups in total. The maximum absolute atomic E-state index is 13.1. The molecule has 0 unspecified atom stereocenters. The summed E-state index contributed by atoms with van der Waals surface area (Å²) in [5.74, 6) is 1.81. The monoisotopic (exact) mass is 428 g/mol. The number of sulfonamides is 1. The van der Waals surface area contributed by atoms with Crippen molar-refractivity contribution in [3.05, 3.63) is 71.6 Å². The highest BCUT2D eigenvalue weighted by atomic mass is 32.2. The fourth-order valence-corrected chi connectivity index (χ4v) is 4.33. The van der Waals surface area contributed by atoms with Gasteiger partial charge in [-0.2, -0.15) is 4.31 Å². The predicted molar refractivity (Wildman–Crippen MR) is 116 cm³/mol. The average molecular weight is 429 g/mol. The summed E-state index contributed by atoms with van der Waals surface area (Å²) in [6.07, 6.45) is 8.35. The SMILES string of the molecule is C#CCN(Cc1ccc(F)cc1)C(=O)/C=C/c1ccc(S(=O)(=O)N(CC)CC)cc1. The Balaban J connectivity index is 2.12. The van der Waals surface area contributed by atoms with Crippen molar-refractivity contribution in [3.8, 4) is 12.3 Å². The molecule has 7 heteroatoms. The minimum Gasteiger partial charge on any atom is -0.324 e. The summed E-state index contributed by atoms with van der Waals surface area (Å²) in [7, 11) is -3.52. The van der Waals surface area contributed by atoms with Crippen LogP contribution in [0.15, 0.2) is 59.5 Å². The number of rotatable bonds is 9. The lowest BCUT2D eigenvalue weighted by atomic mass is 10.2. The van der Waals surface area contributed by atoms with Crippen molar-refractivity contribution in [2.45, 2.75) is 25.3 Å². The summed E-state index contributed by atoms with van der Waals surface area (Å²) in [5.41, 5.74) is 1.45. The van der Waals surface area contributed by atoms with E-state index < -0.39 is 10.0 Å². The van der Waals surface area contributed by atoms with Gasteiger partial charge < -0.3 is 4.90 Å². The van der Waals surface area contributed by atoms with Gasteiger partial charge in [0, 0.05) is 25.7 Å². The summed E-state index contributed by atoms with van der Waals surface area (Å²) >= 11 is 0. The number of amides is 1. The van der Waals surface area contributed by atoms with E-state index in [1.54, 1.807) is 44.2 Å². The molecule has 0 atom stereocenters. The Kier molecular flexibility index (Phi) is 8.34. The molecule has 0 fully saturated rings. The average Bonchev–Trinajstić information content (AvgIpc) is 2.74. The molecular weight excluding hydrogens is 403 g/mol. The van der Waals surface area contributed by atoms with Gasteiger partial charge in [-0.15, -0.1) is 6.42 Å². The van der Waals surface area contributed by atoms with Gasteiger partial charge in [0.15, 0.2) is 0 Å². The Morgan fingerprint density at radius 2 is 1.67 bits per heavy atom. The topological polar surface area (TPSA) is 57.7 Å². The van der Waals surface area contributed by atoms with Crippen LogP contribution < -0.4 is 0 Å². The Morgan fingerprint density at radius 1 is 1.07 bits per heavy atom. The molecule has 0 bridgehead atoms. The van der Waals surface area contributed by atoms with Gasteiger partial charge in [0.2, 0.25) is 15.9 Å². The van der Waals surface area contributed by atoms with E-state index in [4.69, 9.17) is 6.42 Å². The maximum atomic E-state index is 13.1. The van der Waals surface area contributed by atoms with Crippen LogP contribution in [-0.4, -0.2) is 43.2 Å². The van der Waals surface area contributed by atoms with Crippen LogP contribution in [0.3, 0.4) is 0 Å². The van der Waals surface area contributed by atoms with Gasteiger partial charge in [-0.1, -0.05) is 44.0 Å². The van der Waals surface area contributed by atoms with E-state index in [1.807, 2.05) is 0 Å². The van der Waals surface area contributed by atoms with E-state index in [9.17, 15) is 17.6 Å². The van der Waals surface area contributed by atoms with Crippen molar-refractivity contribution in [2.75, 3.05) is 19.6 Å². The summed E-state index contributed by atoms with van der Waals surface area (Å²) in [6.45, 7) is 4.74. The zero-order valence-electron chi connectivity index (χ0n) is 17.1. The van der Waals surface area contributed by atoms with E-state index in [0.717, 1.165) is 5.56 Å². The molecule has 1 amide bonds. The molecule has 2 aromatic carbocycles. The van der Waals surface area contributed by atoms with Crippen LogP contribution in [0.4, 0.5) is 4.39 Å². The second-order valence-corrected chi connectivity index (χ2v) is 8.45. The standard InChI is InChI=1S/C23H25FN2O3S/c1-4-17-25(18-20-7-12-21(24)13-8-20)23(27)16-11-19-9-14-22(15-10-19)30(28,29)26(5-2)6-3/h1,7-16H,5-6,17-18H2,2-3H3/b16-11+. The first-order chi connectivity index (χ1) is 14.3. The van der Waals surface area contributed by atoms with E-state index in [2.05, 4.69) is 5.92 Å². The largest absolute Gasteiger partial charge is 0.324 e. The zero-order valence-corrected chi connectivity index (χ0v) is 17.9. The first kappa shape index (κ1) is 23.3. The second kappa shape index (κ2) is 10.7. The van der Waals surface area contributed by atoms with Gasteiger partial charge in [0.05, 0.1) is 11.4 Å². The zero-order chi connectivity index (χ0) is 22.1. The highest BCUT2D eigenvalue weighted by molar-refractivity contribution is 7.89. The Labute approximate surface area is 177 Å². The van der Waals surface area contributed by atoms with E-state index in [-0.39, 0.29) is 29.7 Å². The first-order valence-electron chi connectivity index (χ1n) is 9.57. The third-order valence-corrected chi connectivity index (χ3v) is 6.59. The van der Waals surface area contributed by atoms with Crippen molar-refractivity contribution in [3.63, 3.8) is 0 Å². The smallest absolute Gasteiger partial charge is 0.247 e. The number of benzene rings is 2. The van der Waals surface area contributed by atoms with Crippen LogP contribution in [0.25, 0.3) is 6.08 Å². The molecule has 158 valence electrons. The molecule has 0 saturated carbocycles. The van der Waals surface area contributed by atoms with Crippen LogP contribution >= 0.6 is 0 Å². The number of carbonyl (C=O) groups excluding carboxylic acids is 1. The van der Waals surface area contributed by atoms with Gasteiger partial charge in [-0.25, -0.2) is 12.8 Å².